The third kappa shape index (κ3) is 3.65. The van der Waals surface area contributed by atoms with Crippen LogP contribution in [-0.2, 0) is 16.0 Å². The van der Waals surface area contributed by atoms with Crippen LogP contribution in [0.4, 0.5) is 0 Å². The van der Waals surface area contributed by atoms with Crippen LogP contribution >= 0.6 is 0 Å². The second kappa shape index (κ2) is 6.65. The van der Waals surface area contributed by atoms with Crippen LogP contribution in [0, 0.1) is 0 Å². The number of primary amides is 1. The summed E-state index contributed by atoms with van der Waals surface area (Å²) in [4.78, 5) is 23.0. The molecule has 0 aliphatic carbocycles. The summed E-state index contributed by atoms with van der Waals surface area (Å²) in [5, 5.41) is 28.9. The van der Waals surface area contributed by atoms with E-state index in [0.717, 1.165) is 6.07 Å². The molecule has 0 radical (unpaired) electrons. The van der Waals surface area contributed by atoms with Gasteiger partial charge in [0, 0.05) is 17.6 Å². The Morgan fingerprint density at radius 1 is 1.29 bits per heavy atom. The Bertz CT molecular complexity index is 594. The molecule has 0 spiro atoms. The number of phenols is 3. The zero-order valence-corrected chi connectivity index (χ0v) is 11.5. The molecule has 0 aliphatic rings. The Morgan fingerprint density at radius 2 is 1.90 bits per heavy atom. The smallest absolute Gasteiger partial charge is 0.338 e. The molecule has 7 nitrogen and oxygen atoms in total. The molecule has 5 N–H and O–H groups in total. The summed E-state index contributed by atoms with van der Waals surface area (Å²) >= 11 is 0. The highest BCUT2D eigenvalue weighted by Gasteiger charge is 2.23. The normalized spacial score (nSPS) is 10.1. The first-order valence-electron chi connectivity index (χ1n) is 6.21. The molecular formula is C14H17NO6. The van der Waals surface area contributed by atoms with E-state index in [0.29, 0.717) is 6.42 Å². The summed E-state index contributed by atoms with van der Waals surface area (Å²) in [6, 6.07) is 0.955. The minimum Gasteiger partial charge on any atom is -0.504 e. The number of amides is 1. The van der Waals surface area contributed by atoms with Crippen molar-refractivity contribution in [2.45, 2.75) is 19.8 Å². The summed E-state index contributed by atoms with van der Waals surface area (Å²) in [6.07, 6.45) is 0.330. The SMILES string of the molecule is C=C(Cc1c(C(=O)OCCC)cc(O)c(O)c1O)C(N)=O. The molecule has 0 saturated carbocycles. The van der Waals surface area contributed by atoms with E-state index in [1.807, 2.05) is 0 Å². The van der Waals surface area contributed by atoms with Gasteiger partial charge >= 0.3 is 5.97 Å². The number of phenolic OH excluding ortho intramolecular Hbond substituents is 3. The van der Waals surface area contributed by atoms with Gasteiger partial charge in [0.05, 0.1) is 12.2 Å². The number of nitrogens with two attached hydrogens (primary N) is 1. The van der Waals surface area contributed by atoms with E-state index in [9.17, 15) is 24.9 Å². The molecule has 0 saturated heterocycles. The van der Waals surface area contributed by atoms with Crippen molar-refractivity contribution in [2.75, 3.05) is 6.61 Å². The van der Waals surface area contributed by atoms with Crippen molar-refractivity contribution in [1.82, 2.24) is 0 Å². The van der Waals surface area contributed by atoms with Crippen molar-refractivity contribution < 1.29 is 29.6 Å². The lowest BCUT2D eigenvalue weighted by molar-refractivity contribution is -0.114. The molecule has 0 bridgehead atoms. The maximum absolute atomic E-state index is 11.9. The monoisotopic (exact) mass is 295 g/mol. The number of hydrogen-bond acceptors (Lipinski definition) is 6. The third-order valence-electron chi connectivity index (χ3n) is 2.75. The lowest BCUT2D eigenvalue weighted by Gasteiger charge is -2.13. The van der Waals surface area contributed by atoms with Gasteiger partial charge in [-0.1, -0.05) is 13.5 Å². The number of hydrogen-bond donors (Lipinski definition) is 4. The molecule has 0 fully saturated rings. The van der Waals surface area contributed by atoms with E-state index in [-0.39, 0.29) is 29.7 Å². The van der Waals surface area contributed by atoms with Gasteiger partial charge in [-0.3, -0.25) is 4.79 Å². The first-order valence-corrected chi connectivity index (χ1v) is 6.21. The van der Waals surface area contributed by atoms with Gasteiger partial charge in [-0.2, -0.15) is 0 Å². The number of carbonyl (C=O) groups excluding carboxylic acids is 2. The van der Waals surface area contributed by atoms with Crippen molar-refractivity contribution >= 4 is 11.9 Å². The molecule has 114 valence electrons. The minimum atomic E-state index is -0.810. The maximum Gasteiger partial charge on any atom is 0.338 e. The van der Waals surface area contributed by atoms with Gasteiger partial charge in [0.2, 0.25) is 11.7 Å². The summed E-state index contributed by atoms with van der Waals surface area (Å²) in [5.41, 5.74) is 4.73. The van der Waals surface area contributed by atoms with Crippen LogP contribution in [-0.4, -0.2) is 33.8 Å². The average molecular weight is 295 g/mol. The zero-order chi connectivity index (χ0) is 16.2. The molecule has 21 heavy (non-hydrogen) atoms. The Hall–Kier alpha value is -2.70. The number of benzene rings is 1. The Morgan fingerprint density at radius 3 is 2.43 bits per heavy atom. The van der Waals surface area contributed by atoms with E-state index in [4.69, 9.17) is 10.5 Å². The molecule has 1 rings (SSSR count). The fraction of sp³-hybridized carbons (Fsp3) is 0.286. The number of esters is 1. The molecule has 0 aliphatic heterocycles. The van der Waals surface area contributed by atoms with Crippen LogP contribution in [0.3, 0.4) is 0 Å². The molecular weight excluding hydrogens is 278 g/mol. The molecule has 1 amide bonds. The fourth-order valence-electron chi connectivity index (χ4n) is 1.62. The Labute approximate surface area is 121 Å². The first kappa shape index (κ1) is 16.4. The molecule has 0 unspecified atom stereocenters. The van der Waals surface area contributed by atoms with E-state index in [1.165, 1.54) is 0 Å². The largest absolute Gasteiger partial charge is 0.504 e. The van der Waals surface area contributed by atoms with Gasteiger partial charge in [0.1, 0.15) is 0 Å². The highest BCUT2D eigenvalue weighted by Crippen LogP contribution is 2.40. The summed E-state index contributed by atoms with van der Waals surface area (Å²) in [5.74, 6) is -3.80. The van der Waals surface area contributed by atoms with Crippen LogP contribution in [0.25, 0.3) is 0 Å². The predicted molar refractivity (Wildman–Crippen MR) is 74.0 cm³/mol. The van der Waals surface area contributed by atoms with Gasteiger partial charge in [0.25, 0.3) is 0 Å². The second-order valence-corrected chi connectivity index (χ2v) is 4.40. The standard InChI is InChI=1S/C14H17NO6/c1-3-4-21-14(20)9-6-10(16)12(18)11(17)8(9)5-7(2)13(15)19/h6,16-18H,2-5H2,1H3,(H2,15,19). The lowest BCUT2D eigenvalue weighted by Crippen LogP contribution is -2.16. The van der Waals surface area contributed by atoms with Gasteiger partial charge in [0.15, 0.2) is 11.5 Å². The predicted octanol–water partition coefficient (Wildman–Crippen LogP) is 0.954. The quantitative estimate of drug-likeness (QED) is 0.351. The minimum absolute atomic E-state index is 0.0695. The fourth-order valence-corrected chi connectivity index (χ4v) is 1.62. The molecule has 1 aromatic carbocycles. The van der Waals surface area contributed by atoms with Crippen molar-refractivity contribution in [1.29, 1.82) is 0 Å². The van der Waals surface area contributed by atoms with Crippen LogP contribution in [0.15, 0.2) is 18.2 Å². The topological polar surface area (TPSA) is 130 Å². The van der Waals surface area contributed by atoms with Gasteiger partial charge in [-0.15, -0.1) is 0 Å². The highest BCUT2D eigenvalue weighted by molar-refractivity contribution is 5.96. The van der Waals surface area contributed by atoms with Gasteiger partial charge in [-0.25, -0.2) is 4.79 Å². The van der Waals surface area contributed by atoms with E-state index in [2.05, 4.69) is 6.58 Å². The summed E-state index contributed by atoms with van der Waals surface area (Å²) in [6.45, 7) is 5.37. The third-order valence-corrected chi connectivity index (χ3v) is 2.75. The van der Waals surface area contributed by atoms with Crippen molar-refractivity contribution in [3.63, 3.8) is 0 Å². The van der Waals surface area contributed by atoms with Crippen LogP contribution in [0.1, 0.15) is 29.3 Å². The number of carbonyl (C=O) groups is 2. The summed E-state index contributed by atoms with van der Waals surface area (Å²) in [7, 11) is 0. The molecule has 0 aromatic heterocycles. The van der Waals surface area contributed by atoms with E-state index in [1.54, 1.807) is 6.92 Å². The first-order chi connectivity index (χ1) is 9.79. The highest BCUT2D eigenvalue weighted by atomic mass is 16.5. The zero-order valence-electron chi connectivity index (χ0n) is 11.5. The number of rotatable bonds is 6. The van der Waals surface area contributed by atoms with Gasteiger partial charge in [-0.05, 0) is 12.5 Å². The van der Waals surface area contributed by atoms with E-state index >= 15 is 0 Å². The Balaban J connectivity index is 3.30. The van der Waals surface area contributed by atoms with Crippen molar-refractivity contribution in [3.05, 3.63) is 29.3 Å². The summed E-state index contributed by atoms with van der Waals surface area (Å²) < 4.78 is 4.92. The van der Waals surface area contributed by atoms with Crippen LogP contribution in [0.5, 0.6) is 17.2 Å². The molecule has 0 atom stereocenters. The molecule has 1 aromatic rings. The number of ether oxygens (including phenoxy) is 1. The van der Waals surface area contributed by atoms with Gasteiger partial charge < -0.3 is 25.8 Å². The van der Waals surface area contributed by atoms with E-state index < -0.39 is 29.1 Å². The van der Waals surface area contributed by atoms with Crippen LogP contribution < -0.4 is 5.73 Å². The maximum atomic E-state index is 11.9. The van der Waals surface area contributed by atoms with Crippen LogP contribution in [0.2, 0.25) is 0 Å². The molecule has 0 heterocycles. The second-order valence-electron chi connectivity index (χ2n) is 4.40. The molecule has 7 heteroatoms. The van der Waals surface area contributed by atoms with Crippen molar-refractivity contribution in [2.24, 2.45) is 5.73 Å². The Kier molecular flexibility index (Phi) is 5.18. The number of aromatic hydroxyl groups is 3. The lowest BCUT2D eigenvalue weighted by atomic mass is 9.98. The average Bonchev–Trinajstić information content (AvgIpc) is 2.44. The van der Waals surface area contributed by atoms with Crippen molar-refractivity contribution in [3.8, 4) is 17.2 Å².